The van der Waals surface area contributed by atoms with Gasteiger partial charge in [-0.05, 0) is 31.0 Å². The van der Waals surface area contributed by atoms with E-state index in [0.29, 0.717) is 5.56 Å². The number of carbonyl (C=O) groups is 1. The molecular weight excluding hydrogens is 283 g/mol. The van der Waals surface area contributed by atoms with Gasteiger partial charge in [0.15, 0.2) is 17.5 Å². The lowest BCUT2D eigenvalue weighted by Gasteiger charge is -2.26. The van der Waals surface area contributed by atoms with E-state index in [-0.39, 0.29) is 6.42 Å². The Morgan fingerprint density at radius 2 is 1.95 bits per heavy atom. The lowest BCUT2D eigenvalue weighted by atomic mass is 9.77. The number of aromatic nitrogens is 1. The Labute approximate surface area is 119 Å². The molecule has 21 heavy (non-hydrogen) atoms. The third-order valence-electron chi connectivity index (χ3n) is 3.38. The molecule has 1 unspecified atom stereocenters. The second kappa shape index (κ2) is 5.55. The normalized spacial score (nSPS) is 13.7. The zero-order chi connectivity index (χ0) is 15.6. The van der Waals surface area contributed by atoms with Crippen LogP contribution in [-0.2, 0) is 16.6 Å². The molecule has 1 N–H and O–H groups in total. The predicted octanol–water partition coefficient (Wildman–Crippen LogP) is 3.08. The molecule has 3 nitrogen and oxygen atoms in total. The van der Waals surface area contributed by atoms with E-state index in [9.17, 15) is 23.1 Å². The van der Waals surface area contributed by atoms with E-state index in [1.807, 2.05) is 0 Å². The highest BCUT2D eigenvalue weighted by Gasteiger charge is 2.39. The second-order valence-corrected chi connectivity index (χ2v) is 4.90. The molecule has 0 amide bonds. The average molecular weight is 295 g/mol. The molecule has 1 heterocycles. The van der Waals surface area contributed by atoms with Crippen LogP contribution < -0.4 is 0 Å². The number of aliphatic carboxylic acids is 1. The van der Waals surface area contributed by atoms with E-state index >= 15 is 0 Å². The Morgan fingerprint density at radius 3 is 2.52 bits per heavy atom. The summed E-state index contributed by atoms with van der Waals surface area (Å²) in [6, 6.07) is 4.92. The number of hydrogen-bond acceptors (Lipinski definition) is 2. The third kappa shape index (κ3) is 2.74. The number of benzene rings is 1. The van der Waals surface area contributed by atoms with Crippen molar-refractivity contribution in [3.8, 4) is 0 Å². The van der Waals surface area contributed by atoms with Crippen molar-refractivity contribution in [3.63, 3.8) is 0 Å². The Bertz CT molecular complexity index is 676. The summed E-state index contributed by atoms with van der Waals surface area (Å²) < 4.78 is 40.3. The first-order chi connectivity index (χ1) is 9.86. The number of pyridine rings is 1. The zero-order valence-electron chi connectivity index (χ0n) is 11.1. The zero-order valence-corrected chi connectivity index (χ0v) is 11.1. The molecule has 110 valence electrons. The van der Waals surface area contributed by atoms with Crippen molar-refractivity contribution in [2.75, 3.05) is 0 Å². The van der Waals surface area contributed by atoms with E-state index in [1.165, 1.54) is 19.3 Å². The SMILES string of the molecule is CC(Cc1cccnc1)(C(=O)O)c1ccc(F)c(F)c1F. The first-order valence-electron chi connectivity index (χ1n) is 6.12. The minimum absolute atomic E-state index is 0.0990. The number of rotatable bonds is 4. The van der Waals surface area contributed by atoms with Gasteiger partial charge < -0.3 is 5.11 Å². The van der Waals surface area contributed by atoms with E-state index in [0.717, 1.165) is 12.1 Å². The summed E-state index contributed by atoms with van der Waals surface area (Å²) >= 11 is 0. The molecule has 1 aromatic heterocycles. The molecule has 2 rings (SSSR count). The fourth-order valence-electron chi connectivity index (χ4n) is 2.15. The van der Waals surface area contributed by atoms with Gasteiger partial charge in [-0.2, -0.15) is 0 Å². The van der Waals surface area contributed by atoms with Crippen LogP contribution in [0.2, 0.25) is 0 Å². The first kappa shape index (κ1) is 15.0. The third-order valence-corrected chi connectivity index (χ3v) is 3.38. The lowest BCUT2D eigenvalue weighted by Crippen LogP contribution is -2.36. The maximum Gasteiger partial charge on any atom is 0.314 e. The second-order valence-electron chi connectivity index (χ2n) is 4.90. The van der Waals surface area contributed by atoms with Gasteiger partial charge in [0.1, 0.15) is 0 Å². The van der Waals surface area contributed by atoms with Crippen molar-refractivity contribution in [3.05, 3.63) is 65.2 Å². The summed E-state index contributed by atoms with van der Waals surface area (Å²) in [7, 11) is 0. The summed E-state index contributed by atoms with van der Waals surface area (Å²) in [5, 5.41) is 9.43. The maximum atomic E-state index is 13.9. The summed E-state index contributed by atoms with van der Waals surface area (Å²) in [5.41, 5.74) is -1.59. The van der Waals surface area contributed by atoms with Gasteiger partial charge in [-0.25, -0.2) is 13.2 Å². The molecule has 1 atom stereocenters. The van der Waals surface area contributed by atoms with E-state index in [2.05, 4.69) is 4.98 Å². The van der Waals surface area contributed by atoms with Crippen molar-refractivity contribution in [1.29, 1.82) is 0 Å². The van der Waals surface area contributed by atoms with E-state index in [1.54, 1.807) is 12.1 Å². The molecule has 0 bridgehead atoms. The molecule has 0 saturated carbocycles. The molecule has 1 aromatic carbocycles. The van der Waals surface area contributed by atoms with Crippen molar-refractivity contribution in [2.45, 2.75) is 18.8 Å². The predicted molar refractivity (Wildman–Crippen MR) is 69.2 cm³/mol. The van der Waals surface area contributed by atoms with Crippen LogP contribution >= 0.6 is 0 Å². The largest absolute Gasteiger partial charge is 0.481 e. The molecule has 2 aromatic rings. The van der Waals surface area contributed by atoms with Gasteiger partial charge in [-0.1, -0.05) is 12.1 Å². The quantitative estimate of drug-likeness (QED) is 0.882. The van der Waals surface area contributed by atoms with E-state index in [4.69, 9.17) is 0 Å². The van der Waals surface area contributed by atoms with Crippen LogP contribution in [0.4, 0.5) is 13.2 Å². The van der Waals surface area contributed by atoms with Crippen molar-refractivity contribution in [1.82, 2.24) is 4.98 Å². The Balaban J connectivity index is 2.53. The van der Waals surface area contributed by atoms with Crippen LogP contribution in [0, 0.1) is 17.5 Å². The summed E-state index contributed by atoms with van der Waals surface area (Å²) in [6.45, 7) is 1.26. The van der Waals surface area contributed by atoms with Crippen molar-refractivity contribution < 1.29 is 23.1 Å². The highest BCUT2D eigenvalue weighted by Crippen LogP contribution is 2.32. The minimum Gasteiger partial charge on any atom is -0.481 e. The molecule has 0 aliphatic heterocycles. The van der Waals surface area contributed by atoms with Gasteiger partial charge in [0.05, 0.1) is 5.41 Å². The molecule has 0 saturated heterocycles. The number of carboxylic acids is 1. The lowest BCUT2D eigenvalue weighted by molar-refractivity contribution is -0.143. The summed E-state index contributed by atoms with van der Waals surface area (Å²) in [4.78, 5) is 15.4. The highest BCUT2D eigenvalue weighted by atomic mass is 19.2. The van der Waals surface area contributed by atoms with Crippen LogP contribution in [0.15, 0.2) is 36.7 Å². The number of nitrogens with zero attached hydrogens (tertiary/aromatic N) is 1. The van der Waals surface area contributed by atoms with Gasteiger partial charge in [-0.15, -0.1) is 0 Å². The fourth-order valence-corrected chi connectivity index (χ4v) is 2.15. The molecule has 0 spiro atoms. The van der Waals surface area contributed by atoms with Gasteiger partial charge in [-0.3, -0.25) is 9.78 Å². The van der Waals surface area contributed by atoms with Gasteiger partial charge in [0.2, 0.25) is 0 Å². The monoisotopic (exact) mass is 295 g/mol. The minimum atomic E-state index is -1.73. The molecule has 0 aliphatic carbocycles. The smallest absolute Gasteiger partial charge is 0.314 e. The molecule has 6 heteroatoms. The van der Waals surface area contributed by atoms with Gasteiger partial charge in [0.25, 0.3) is 0 Å². The number of carboxylic acid groups (broad SMARTS) is 1. The standard InChI is InChI=1S/C15H12F3NO2/c1-15(14(20)21,7-9-3-2-6-19-8-9)10-4-5-11(16)13(18)12(10)17/h2-6,8H,7H2,1H3,(H,20,21). The molecular formula is C15H12F3NO2. The number of hydrogen-bond donors (Lipinski definition) is 1. The molecule has 0 radical (unpaired) electrons. The Hall–Kier alpha value is -2.37. The van der Waals surface area contributed by atoms with Gasteiger partial charge in [0, 0.05) is 18.0 Å². The first-order valence-corrected chi connectivity index (χ1v) is 6.12. The Kier molecular flexibility index (Phi) is 3.97. The van der Waals surface area contributed by atoms with E-state index < -0.39 is 34.4 Å². The number of halogens is 3. The Morgan fingerprint density at radius 1 is 1.24 bits per heavy atom. The van der Waals surface area contributed by atoms with Crippen molar-refractivity contribution in [2.24, 2.45) is 0 Å². The van der Waals surface area contributed by atoms with Crippen LogP contribution in [0.5, 0.6) is 0 Å². The summed E-state index contributed by atoms with van der Waals surface area (Å²) in [5.74, 6) is -5.85. The van der Waals surface area contributed by atoms with Gasteiger partial charge >= 0.3 is 5.97 Å². The van der Waals surface area contributed by atoms with Crippen molar-refractivity contribution >= 4 is 5.97 Å². The topological polar surface area (TPSA) is 50.2 Å². The van der Waals surface area contributed by atoms with Crippen LogP contribution in [0.1, 0.15) is 18.1 Å². The van der Waals surface area contributed by atoms with Crippen LogP contribution in [-0.4, -0.2) is 16.1 Å². The fraction of sp³-hybridized carbons (Fsp3) is 0.200. The van der Waals surface area contributed by atoms with Crippen LogP contribution in [0.25, 0.3) is 0 Å². The maximum absolute atomic E-state index is 13.9. The highest BCUT2D eigenvalue weighted by molar-refractivity contribution is 5.81. The average Bonchev–Trinajstić information content (AvgIpc) is 2.45. The summed E-state index contributed by atoms with van der Waals surface area (Å²) in [6.07, 6.45) is 2.86. The molecule has 0 fully saturated rings. The molecule has 0 aliphatic rings. The van der Waals surface area contributed by atoms with Crippen LogP contribution in [0.3, 0.4) is 0 Å².